The zero-order valence-corrected chi connectivity index (χ0v) is 19.8. The molecular weight excluding hydrogens is 430 g/mol. The zero-order chi connectivity index (χ0) is 23.0. The van der Waals surface area contributed by atoms with Gasteiger partial charge in [-0.15, -0.1) is 0 Å². The largest absolute Gasteiger partial charge is 0.488 e. The number of fused-ring (bicyclic) bond motifs is 1. The van der Waals surface area contributed by atoms with Gasteiger partial charge in [0.05, 0.1) is 23.9 Å². The maximum atomic E-state index is 6.18. The molecule has 1 atom stereocenters. The molecule has 6 rings (SSSR count). The molecule has 34 heavy (non-hydrogen) atoms. The van der Waals surface area contributed by atoms with Crippen LogP contribution in [0.5, 0.6) is 5.75 Å². The first-order chi connectivity index (χ1) is 16.7. The molecule has 3 fully saturated rings. The van der Waals surface area contributed by atoms with Crippen LogP contribution in [0.2, 0.25) is 0 Å². The van der Waals surface area contributed by atoms with Crippen molar-refractivity contribution >= 4 is 16.7 Å². The molecule has 2 N–H and O–H groups in total. The minimum atomic E-state index is -0.0164. The number of ether oxygens (including phenoxy) is 2. The predicted molar refractivity (Wildman–Crippen MR) is 131 cm³/mol. The molecule has 1 aliphatic carbocycles. The summed E-state index contributed by atoms with van der Waals surface area (Å²) in [5, 5.41) is 12.1. The number of nitrogens with zero attached hydrogens (tertiary/aromatic N) is 5. The van der Waals surface area contributed by atoms with Gasteiger partial charge in [0.15, 0.2) is 0 Å². The molecule has 1 aromatic carbocycles. The van der Waals surface area contributed by atoms with E-state index in [1.165, 1.54) is 0 Å². The molecule has 0 bridgehead atoms. The number of H-pyrrole nitrogens is 1. The van der Waals surface area contributed by atoms with Crippen molar-refractivity contribution in [2.75, 3.05) is 57.3 Å². The Morgan fingerprint density at radius 1 is 1.15 bits per heavy atom. The molecular formula is C25H33N7O2. The topological polar surface area (TPSA) is 91.4 Å². The second-order valence-electron chi connectivity index (χ2n) is 9.91. The quantitative estimate of drug-likeness (QED) is 0.552. The fourth-order valence-corrected chi connectivity index (χ4v) is 4.83. The number of anilines is 1. The minimum absolute atomic E-state index is 0.0164. The van der Waals surface area contributed by atoms with Gasteiger partial charge in [-0.2, -0.15) is 5.10 Å². The van der Waals surface area contributed by atoms with E-state index in [1.54, 1.807) is 6.33 Å². The van der Waals surface area contributed by atoms with Crippen LogP contribution < -0.4 is 15.0 Å². The number of nitrogens with one attached hydrogen (secondary N) is 2. The molecule has 0 spiro atoms. The number of aromatic nitrogens is 4. The van der Waals surface area contributed by atoms with Crippen molar-refractivity contribution in [2.45, 2.75) is 37.9 Å². The normalized spacial score (nSPS) is 22.7. The first-order valence-corrected chi connectivity index (χ1v) is 12.4. The maximum absolute atomic E-state index is 6.18. The van der Waals surface area contributed by atoms with E-state index in [0.29, 0.717) is 0 Å². The van der Waals surface area contributed by atoms with Crippen LogP contribution >= 0.6 is 0 Å². The molecule has 3 aliphatic rings. The van der Waals surface area contributed by atoms with Gasteiger partial charge >= 0.3 is 0 Å². The van der Waals surface area contributed by atoms with Gasteiger partial charge in [-0.1, -0.05) is 0 Å². The van der Waals surface area contributed by atoms with Crippen LogP contribution in [0.15, 0.2) is 30.6 Å². The summed E-state index contributed by atoms with van der Waals surface area (Å²) in [7, 11) is 0. The first kappa shape index (κ1) is 21.8. The number of hydrogen-bond donors (Lipinski definition) is 2. The maximum Gasteiger partial charge on any atom is 0.132 e. The fourth-order valence-electron chi connectivity index (χ4n) is 4.83. The highest BCUT2D eigenvalue weighted by Gasteiger charge is 2.40. The molecule has 2 saturated heterocycles. The van der Waals surface area contributed by atoms with Gasteiger partial charge in [0, 0.05) is 57.3 Å². The number of piperazine rings is 1. The van der Waals surface area contributed by atoms with E-state index < -0.39 is 0 Å². The summed E-state index contributed by atoms with van der Waals surface area (Å²) in [6.45, 7) is 10.0. The number of morpholine rings is 1. The molecule has 9 nitrogen and oxygen atoms in total. The monoisotopic (exact) mass is 463 g/mol. The highest BCUT2D eigenvalue weighted by atomic mass is 16.5. The molecule has 0 unspecified atom stereocenters. The molecule has 4 heterocycles. The molecule has 3 aromatic rings. The van der Waals surface area contributed by atoms with E-state index in [2.05, 4.69) is 48.3 Å². The third-order valence-corrected chi connectivity index (χ3v) is 7.19. The highest BCUT2D eigenvalue weighted by molar-refractivity contribution is 5.93. The van der Waals surface area contributed by atoms with Gasteiger partial charge < -0.3 is 24.6 Å². The second kappa shape index (κ2) is 9.13. The Labute approximate surface area is 199 Å². The van der Waals surface area contributed by atoms with Gasteiger partial charge in [-0.25, -0.2) is 9.97 Å². The van der Waals surface area contributed by atoms with Gasteiger partial charge in [-0.3, -0.25) is 5.10 Å². The molecule has 0 radical (unpaired) electrons. The summed E-state index contributed by atoms with van der Waals surface area (Å²) in [4.78, 5) is 14.0. The lowest BCUT2D eigenvalue weighted by molar-refractivity contribution is 0.0274. The first-order valence-electron chi connectivity index (χ1n) is 12.4. The van der Waals surface area contributed by atoms with Crippen LogP contribution in [0.1, 0.15) is 26.2 Å². The number of rotatable bonds is 7. The number of aromatic amines is 1. The smallest absolute Gasteiger partial charge is 0.132 e. The Kier molecular flexibility index (Phi) is 5.84. The van der Waals surface area contributed by atoms with E-state index in [1.807, 2.05) is 18.2 Å². The van der Waals surface area contributed by atoms with E-state index in [-0.39, 0.29) is 11.7 Å². The van der Waals surface area contributed by atoms with Crippen molar-refractivity contribution in [3.05, 3.63) is 30.6 Å². The summed E-state index contributed by atoms with van der Waals surface area (Å²) < 4.78 is 12.3. The van der Waals surface area contributed by atoms with E-state index in [9.17, 15) is 0 Å². The summed E-state index contributed by atoms with van der Waals surface area (Å²) in [5.74, 6) is 1.81. The summed E-state index contributed by atoms with van der Waals surface area (Å²) in [5.41, 5.74) is 2.60. The Balaban J connectivity index is 1.17. The molecule has 2 aromatic heterocycles. The lowest BCUT2D eigenvalue weighted by Crippen LogP contribution is -2.47. The van der Waals surface area contributed by atoms with Crippen molar-refractivity contribution in [3.63, 3.8) is 0 Å². The zero-order valence-electron chi connectivity index (χ0n) is 19.8. The van der Waals surface area contributed by atoms with Crippen molar-refractivity contribution in [1.82, 2.24) is 30.4 Å². The third kappa shape index (κ3) is 4.73. The van der Waals surface area contributed by atoms with Crippen LogP contribution in [0.4, 0.5) is 5.82 Å². The van der Waals surface area contributed by atoms with Gasteiger partial charge in [0.25, 0.3) is 0 Å². The standard InChI is InChI=1S/C25H33N7O2/c1-25(5-6-25)34-18-2-3-21-20(14-18)24(30-29-21)22-15-23(28-17-27-22)32-12-13-33-19(16-32)4-9-31-10-7-26-8-11-31/h2-3,14-15,17,19,26H,4-13,16H2,1H3,(H,29,30)/t19-/m0/s1. The van der Waals surface area contributed by atoms with E-state index >= 15 is 0 Å². The third-order valence-electron chi connectivity index (χ3n) is 7.19. The summed E-state index contributed by atoms with van der Waals surface area (Å²) >= 11 is 0. The van der Waals surface area contributed by atoms with Crippen molar-refractivity contribution in [1.29, 1.82) is 0 Å². The van der Waals surface area contributed by atoms with Crippen molar-refractivity contribution < 1.29 is 9.47 Å². The average Bonchev–Trinajstić information content (AvgIpc) is 3.45. The molecule has 180 valence electrons. The van der Waals surface area contributed by atoms with E-state index in [4.69, 9.17) is 9.47 Å². The summed E-state index contributed by atoms with van der Waals surface area (Å²) in [6.07, 6.45) is 5.11. The fraction of sp³-hybridized carbons (Fsp3) is 0.560. The molecule has 2 aliphatic heterocycles. The van der Waals surface area contributed by atoms with Gasteiger partial charge in [0.1, 0.15) is 29.2 Å². The average molecular weight is 464 g/mol. The van der Waals surface area contributed by atoms with Gasteiger partial charge in [0.2, 0.25) is 0 Å². The van der Waals surface area contributed by atoms with Crippen molar-refractivity contribution in [3.8, 4) is 17.1 Å². The highest BCUT2D eigenvalue weighted by Crippen LogP contribution is 2.40. The molecule has 9 heteroatoms. The Hall–Kier alpha value is -2.75. The molecule has 1 saturated carbocycles. The van der Waals surface area contributed by atoms with Crippen LogP contribution in [0.25, 0.3) is 22.3 Å². The number of benzene rings is 1. The van der Waals surface area contributed by atoms with Crippen LogP contribution in [0, 0.1) is 0 Å². The van der Waals surface area contributed by atoms with Crippen LogP contribution in [-0.2, 0) is 4.74 Å². The predicted octanol–water partition coefficient (Wildman–Crippen LogP) is 2.45. The van der Waals surface area contributed by atoms with Crippen LogP contribution in [-0.4, -0.2) is 89.2 Å². The second-order valence-corrected chi connectivity index (χ2v) is 9.91. The number of hydrogen-bond acceptors (Lipinski definition) is 8. The summed E-state index contributed by atoms with van der Waals surface area (Å²) in [6, 6.07) is 8.15. The molecule has 0 amide bonds. The van der Waals surface area contributed by atoms with Gasteiger partial charge in [-0.05, 0) is 44.4 Å². The van der Waals surface area contributed by atoms with Crippen molar-refractivity contribution in [2.24, 2.45) is 0 Å². The lowest BCUT2D eigenvalue weighted by Gasteiger charge is -2.35. The van der Waals surface area contributed by atoms with Crippen LogP contribution in [0.3, 0.4) is 0 Å². The lowest BCUT2D eigenvalue weighted by atomic mass is 10.1. The Bertz CT molecular complexity index is 1140. The van der Waals surface area contributed by atoms with E-state index in [0.717, 1.165) is 106 Å². The Morgan fingerprint density at radius 3 is 2.88 bits per heavy atom. The SMILES string of the molecule is CC1(Oc2ccc3[nH]nc(-c4cc(N5CCO[C@@H](CCN6CCNCC6)C5)ncn4)c3c2)CC1. The minimum Gasteiger partial charge on any atom is -0.488 e. The Morgan fingerprint density at radius 2 is 2.03 bits per heavy atom.